The van der Waals surface area contributed by atoms with E-state index in [1.807, 2.05) is 4.74 Å². The molecule has 6 nitrogen and oxygen atoms in total. The minimum Gasteiger partial charge on any atom is -0.350 e. The van der Waals surface area contributed by atoms with Gasteiger partial charge in [0.15, 0.2) is 0 Å². The molecule has 0 aliphatic carbocycles. The van der Waals surface area contributed by atoms with E-state index in [-0.39, 0.29) is 12.2 Å². The number of alkyl halides is 7. The predicted octanol–water partition coefficient (Wildman–Crippen LogP) is 1.24. The number of carbonyl (C=O) groups excluding carboxylic acids is 1. The zero-order chi connectivity index (χ0) is 17.2. The summed E-state index contributed by atoms with van der Waals surface area (Å²) in [6.07, 6.45) is -11.0. The Hall–Kier alpha value is -1.92. The maximum Gasteiger partial charge on any atom is 0.527 e. The minimum absolute atomic E-state index is 0.149. The summed E-state index contributed by atoms with van der Waals surface area (Å²) >= 11 is 0. The summed E-state index contributed by atoms with van der Waals surface area (Å²) in [5, 5.41) is 8.34. The second kappa shape index (κ2) is 6.06. The molecule has 0 unspecified atom stereocenters. The molecule has 22 heavy (non-hydrogen) atoms. The lowest BCUT2D eigenvalue weighted by Crippen LogP contribution is -2.55. The summed E-state index contributed by atoms with van der Waals surface area (Å²) in [7, 11) is 1.50. The topological polar surface area (TPSA) is 69.0 Å². The number of amides is 1. The maximum atomic E-state index is 13.1. The third kappa shape index (κ3) is 4.29. The molecule has 0 fully saturated rings. The first-order valence-electron chi connectivity index (χ1n) is 5.50. The van der Waals surface area contributed by atoms with Gasteiger partial charge in [-0.25, -0.2) is 4.74 Å². The first kappa shape index (κ1) is 18.1. The summed E-state index contributed by atoms with van der Waals surface area (Å²) < 4.78 is 89.9. The predicted molar refractivity (Wildman–Crippen MR) is 54.8 cm³/mol. The van der Waals surface area contributed by atoms with Crippen molar-refractivity contribution in [3.8, 4) is 0 Å². The van der Waals surface area contributed by atoms with Crippen LogP contribution in [0.5, 0.6) is 0 Å². The van der Waals surface area contributed by atoms with Crippen molar-refractivity contribution >= 4 is 5.91 Å². The number of carbonyl (C=O) groups is 1. The fraction of sp³-hybridized carbons (Fsp3) is 0.667. The van der Waals surface area contributed by atoms with Crippen LogP contribution in [0.15, 0.2) is 6.33 Å². The van der Waals surface area contributed by atoms with E-state index in [1.54, 1.807) is 0 Å². The second-order valence-electron chi connectivity index (χ2n) is 4.00. The summed E-state index contributed by atoms with van der Waals surface area (Å²) in [5.41, 5.74) is 0. The molecule has 1 rings (SSSR count). The molecule has 126 valence electrons. The first-order valence-corrected chi connectivity index (χ1v) is 5.50. The van der Waals surface area contributed by atoms with Crippen LogP contribution >= 0.6 is 0 Å². The molecule has 1 heterocycles. The summed E-state index contributed by atoms with van der Waals surface area (Å²) in [4.78, 5) is 11.0. The lowest BCUT2D eigenvalue weighted by molar-refractivity contribution is -0.458. The Kier molecular flexibility index (Phi) is 4.99. The van der Waals surface area contributed by atoms with Crippen LogP contribution in [-0.2, 0) is 23.0 Å². The van der Waals surface area contributed by atoms with Gasteiger partial charge in [-0.3, -0.25) is 4.79 Å². The van der Waals surface area contributed by atoms with Crippen molar-refractivity contribution in [1.29, 1.82) is 0 Å². The van der Waals surface area contributed by atoms with E-state index in [1.165, 1.54) is 23.3 Å². The number of rotatable bonds is 6. The number of halogens is 7. The van der Waals surface area contributed by atoms with E-state index in [9.17, 15) is 35.5 Å². The van der Waals surface area contributed by atoms with Gasteiger partial charge in [0.2, 0.25) is 0 Å². The number of aryl methyl sites for hydroxylation is 1. The number of nitrogens with one attached hydrogen (secondary N) is 1. The van der Waals surface area contributed by atoms with Crippen LogP contribution in [0.2, 0.25) is 0 Å². The van der Waals surface area contributed by atoms with Crippen molar-refractivity contribution in [2.45, 2.75) is 24.8 Å². The molecule has 0 aliphatic rings. The molecule has 0 aliphatic heterocycles. The van der Waals surface area contributed by atoms with E-state index in [4.69, 9.17) is 0 Å². The van der Waals surface area contributed by atoms with Gasteiger partial charge in [-0.1, -0.05) is 0 Å². The lowest BCUT2D eigenvalue weighted by atomic mass is 10.2. The zero-order valence-corrected chi connectivity index (χ0v) is 10.8. The van der Waals surface area contributed by atoms with Crippen molar-refractivity contribution in [2.75, 3.05) is 6.54 Å². The second-order valence-corrected chi connectivity index (χ2v) is 4.00. The van der Waals surface area contributed by atoms with Crippen molar-refractivity contribution in [2.24, 2.45) is 7.05 Å². The van der Waals surface area contributed by atoms with E-state index >= 15 is 0 Å². The standard InChI is InChI=1S/C9H9F7N4O2/c1-20-4-18-19-5(20)2-3-17-6(21)7(10,11)8(12,13)22-9(14,15)16/h4H,2-3H2,1H3,(H,17,21). The molecule has 0 saturated carbocycles. The summed E-state index contributed by atoms with van der Waals surface area (Å²) in [6, 6.07) is 0. The van der Waals surface area contributed by atoms with Gasteiger partial charge in [-0.15, -0.1) is 23.4 Å². The number of nitrogens with zero attached hydrogens (tertiary/aromatic N) is 3. The molecule has 0 bridgehead atoms. The van der Waals surface area contributed by atoms with Gasteiger partial charge in [-0.2, -0.15) is 17.6 Å². The molecule has 13 heteroatoms. The van der Waals surface area contributed by atoms with Gasteiger partial charge in [0.1, 0.15) is 12.2 Å². The largest absolute Gasteiger partial charge is 0.527 e. The zero-order valence-electron chi connectivity index (χ0n) is 10.8. The van der Waals surface area contributed by atoms with E-state index in [0.29, 0.717) is 0 Å². The average Bonchev–Trinajstić information content (AvgIpc) is 2.71. The normalized spacial score (nSPS) is 13.3. The maximum absolute atomic E-state index is 13.1. The highest BCUT2D eigenvalue weighted by Gasteiger charge is 2.67. The van der Waals surface area contributed by atoms with E-state index in [2.05, 4.69) is 10.2 Å². The van der Waals surface area contributed by atoms with Gasteiger partial charge >= 0.3 is 18.4 Å². The third-order valence-corrected chi connectivity index (χ3v) is 2.33. The Morgan fingerprint density at radius 1 is 1.27 bits per heavy atom. The highest BCUT2D eigenvalue weighted by atomic mass is 19.4. The Bertz CT molecular complexity index is 528. The van der Waals surface area contributed by atoms with Crippen molar-refractivity contribution < 1.29 is 40.3 Å². The fourth-order valence-corrected chi connectivity index (χ4v) is 1.27. The molecule has 0 saturated heterocycles. The van der Waals surface area contributed by atoms with Crippen LogP contribution in [0.1, 0.15) is 5.82 Å². The Morgan fingerprint density at radius 2 is 1.86 bits per heavy atom. The van der Waals surface area contributed by atoms with Crippen LogP contribution in [0.25, 0.3) is 0 Å². The van der Waals surface area contributed by atoms with Crippen LogP contribution in [0.3, 0.4) is 0 Å². The highest BCUT2D eigenvalue weighted by molar-refractivity contribution is 5.84. The quantitative estimate of drug-likeness (QED) is 0.793. The van der Waals surface area contributed by atoms with Gasteiger partial charge in [0.25, 0.3) is 5.91 Å². The van der Waals surface area contributed by atoms with Crippen LogP contribution < -0.4 is 5.32 Å². The summed E-state index contributed by atoms with van der Waals surface area (Å²) in [6.45, 7) is -0.566. The Morgan fingerprint density at radius 3 is 2.32 bits per heavy atom. The van der Waals surface area contributed by atoms with Crippen LogP contribution in [0, 0.1) is 0 Å². The van der Waals surface area contributed by atoms with Crippen molar-refractivity contribution in [3.05, 3.63) is 12.2 Å². The number of hydrogen-bond acceptors (Lipinski definition) is 4. The van der Waals surface area contributed by atoms with Crippen molar-refractivity contribution in [1.82, 2.24) is 20.1 Å². The van der Waals surface area contributed by atoms with Gasteiger partial charge in [-0.05, 0) is 0 Å². The first-order chi connectivity index (χ1) is 9.87. The van der Waals surface area contributed by atoms with Crippen LogP contribution in [-0.4, -0.2) is 45.6 Å². The van der Waals surface area contributed by atoms with Gasteiger partial charge in [0, 0.05) is 20.0 Å². The van der Waals surface area contributed by atoms with E-state index in [0.717, 1.165) is 0 Å². The molecular formula is C9H9F7N4O2. The molecular weight excluding hydrogens is 329 g/mol. The smallest absolute Gasteiger partial charge is 0.350 e. The van der Waals surface area contributed by atoms with Gasteiger partial charge < -0.3 is 9.88 Å². The highest BCUT2D eigenvalue weighted by Crippen LogP contribution is 2.39. The Labute approximate surface area is 118 Å². The molecule has 1 aromatic heterocycles. The molecule has 0 aromatic carbocycles. The molecule has 0 spiro atoms. The minimum atomic E-state index is -6.04. The molecule has 0 radical (unpaired) electrons. The molecule has 1 amide bonds. The summed E-state index contributed by atoms with van der Waals surface area (Å²) in [5.74, 6) is -8.08. The van der Waals surface area contributed by atoms with Crippen LogP contribution in [0.4, 0.5) is 30.7 Å². The SMILES string of the molecule is Cn1cnnc1CCNC(=O)C(F)(F)C(F)(F)OC(F)(F)F. The van der Waals surface area contributed by atoms with Crippen molar-refractivity contribution in [3.63, 3.8) is 0 Å². The Balaban J connectivity index is 2.64. The van der Waals surface area contributed by atoms with E-state index < -0.39 is 30.8 Å². The molecule has 1 aromatic rings. The lowest BCUT2D eigenvalue weighted by Gasteiger charge is -2.25. The molecule has 1 N–H and O–H groups in total. The number of ether oxygens (including phenoxy) is 1. The number of hydrogen-bond donors (Lipinski definition) is 1. The fourth-order valence-electron chi connectivity index (χ4n) is 1.27. The average molecular weight is 338 g/mol. The monoisotopic (exact) mass is 338 g/mol. The van der Waals surface area contributed by atoms with Gasteiger partial charge in [0.05, 0.1) is 0 Å². The number of aromatic nitrogens is 3. The molecule has 0 atom stereocenters. The third-order valence-electron chi connectivity index (χ3n) is 2.33.